The molecule has 4 heterocycles. The van der Waals surface area contributed by atoms with Crippen molar-refractivity contribution in [3.63, 3.8) is 0 Å². The van der Waals surface area contributed by atoms with Crippen LogP contribution in [0, 0.1) is 0 Å². The summed E-state index contributed by atoms with van der Waals surface area (Å²) in [4.78, 5) is 50.9. The number of para-hydroxylation sites is 2. The standard InChI is InChI=1S/C14H13N3O2.C12H11N3O2/c1-2-15-14(19)17-11-6-4-3-5-9(11)10-7-8-16-12(10)13(17)18;13-12(17)15-9-4-2-1-3-7(9)8-5-6-14-10(8)11(15)16/h3-8,16H,2H2,1H3,(H,15,19);1-4,14H,5-6H2,(H2,13,17). The second-order valence-electron chi connectivity index (χ2n) is 8.29. The fourth-order valence-corrected chi connectivity index (χ4v) is 4.70. The summed E-state index contributed by atoms with van der Waals surface area (Å²) in [6.07, 6.45) is 2.51. The third-order valence-electron chi connectivity index (χ3n) is 6.22. The molecule has 6 rings (SSSR count). The molecule has 5 aromatic rings. The Hall–Kier alpha value is -4.86. The van der Waals surface area contributed by atoms with E-state index in [0.29, 0.717) is 28.8 Å². The monoisotopic (exact) mass is 484 g/mol. The van der Waals surface area contributed by atoms with Crippen LogP contribution in [0.2, 0.25) is 0 Å². The number of hydrogen-bond donors (Lipinski definition) is 4. The highest BCUT2D eigenvalue weighted by Crippen LogP contribution is 2.27. The van der Waals surface area contributed by atoms with Crippen molar-refractivity contribution in [3.05, 3.63) is 87.1 Å². The number of aromatic nitrogens is 3. The van der Waals surface area contributed by atoms with E-state index in [0.717, 1.165) is 39.3 Å². The van der Waals surface area contributed by atoms with Crippen molar-refractivity contribution in [3.8, 4) is 0 Å². The molecule has 36 heavy (non-hydrogen) atoms. The van der Waals surface area contributed by atoms with Gasteiger partial charge in [0.2, 0.25) is 0 Å². The number of primary amides is 1. The molecule has 0 bridgehead atoms. The number of nitrogens with one attached hydrogen (secondary N) is 3. The molecule has 0 saturated carbocycles. The highest BCUT2D eigenvalue weighted by Gasteiger charge is 2.22. The molecular weight excluding hydrogens is 460 g/mol. The minimum absolute atomic E-state index is 0.329. The Bertz CT molecular complexity index is 1780. The summed E-state index contributed by atoms with van der Waals surface area (Å²) >= 11 is 0. The van der Waals surface area contributed by atoms with Gasteiger partial charge in [0.05, 0.1) is 11.0 Å². The summed E-state index contributed by atoms with van der Waals surface area (Å²) < 4.78 is 2.20. The Morgan fingerprint density at radius 1 is 0.917 bits per heavy atom. The van der Waals surface area contributed by atoms with Crippen LogP contribution in [0.3, 0.4) is 0 Å². The summed E-state index contributed by atoms with van der Waals surface area (Å²) in [7, 11) is 0. The number of rotatable bonds is 1. The first kappa shape index (κ1) is 22.9. The molecule has 0 saturated heterocycles. The van der Waals surface area contributed by atoms with Crippen LogP contribution in [0.15, 0.2) is 70.4 Å². The maximum Gasteiger partial charge on any atom is 0.329 e. The van der Waals surface area contributed by atoms with Gasteiger partial charge in [-0.25, -0.2) is 18.7 Å². The quantitative estimate of drug-likeness (QED) is 0.289. The number of H-pyrrole nitrogens is 1. The van der Waals surface area contributed by atoms with Crippen LogP contribution >= 0.6 is 0 Å². The Morgan fingerprint density at radius 3 is 2.28 bits per heavy atom. The molecule has 0 radical (unpaired) electrons. The van der Waals surface area contributed by atoms with Gasteiger partial charge in [-0.15, -0.1) is 0 Å². The van der Waals surface area contributed by atoms with Crippen molar-refractivity contribution >= 4 is 50.5 Å². The highest BCUT2D eigenvalue weighted by atomic mass is 16.2. The Kier molecular flexibility index (Phi) is 5.77. The molecule has 10 heteroatoms. The number of hydrogen-bond acceptors (Lipinski definition) is 5. The lowest BCUT2D eigenvalue weighted by Gasteiger charge is -2.10. The first-order chi connectivity index (χ1) is 17.4. The predicted octanol–water partition coefficient (Wildman–Crippen LogP) is 2.96. The van der Waals surface area contributed by atoms with E-state index in [1.807, 2.05) is 43.3 Å². The number of aromatic amines is 1. The van der Waals surface area contributed by atoms with E-state index in [1.165, 1.54) is 4.57 Å². The maximum atomic E-state index is 12.4. The lowest BCUT2D eigenvalue weighted by molar-refractivity contribution is 0.243. The minimum Gasteiger partial charge on any atom is -0.380 e. The van der Waals surface area contributed by atoms with E-state index in [2.05, 4.69) is 15.6 Å². The van der Waals surface area contributed by atoms with Crippen molar-refractivity contribution in [1.82, 2.24) is 19.4 Å². The van der Waals surface area contributed by atoms with Crippen molar-refractivity contribution in [2.75, 3.05) is 18.4 Å². The van der Waals surface area contributed by atoms with E-state index in [-0.39, 0.29) is 11.1 Å². The van der Waals surface area contributed by atoms with Crippen LogP contribution < -0.4 is 27.5 Å². The predicted molar refractivity (Wildman–Crippen MR) is 140 cm³/mol. The summed E-state index contributed by atoms with van der Waals surface area (Å²) in [6.45, 7) is 3.01. The van der Waals surface area contributed by atoms with Crippen LogP contribution in [0.1, 0.15) is 12.5 Å². The van der Waals surface area contributed by atoms with Crippen LogP contribution in [-0.2, 0) is 6.42 Å². The van der Waals surface area contributed by atoms with Crippen LogP contribution in [-0.4, -0.2) is 39.3 Å². The number of fused-ring (bicyclic) bond motifs is 6. The van der Waals surface area contributed by atoms with Gasteiger partial charge in [-0.3, -0.25) is 9.59 Å². The number of carbonyl (C=O) groups excluding carboxylic acids is 2. The first-order valence-corrected chi connectivity index (χ1v) is 11.5. The van der Waals surface area contributed by atoms with Crippen molar-refractivity contribution in [2.24, 2.45) is 5.73 Å². The van der Waals surface area contributed by atoms with Crippen LogP contribution in [0.25, 0.3) is 32.7 Å². The molecule has 5 N–H and O–H groups in total. The average molecular weight is 485 g/mol. The summed E-state index contributed by atoms with van der Waals surface area (Å²) in [5.41, 5.74) is 7.70. The Balaban J connectivity index is 0.000000149. The molecular formula is C26H24N6O4. The molecule has 0 fully saturated rings. The van der Waals surface area contributed by atoms with Crippen molar-refractivity contribution in [2.45, 2.75) is 13.3 Å². The molecule has 2 amide bonds. The van der Waals surface area contributed by atoms with E-state index >= 15 is 0 Å². The number of benzene rings is 2. The molecule has 1 aliphatic rings. The molecule has 1 aliphatic heterocycles. The summed E-state index contributed by atoms with van der Waals surface area (Å²) in [6, 6.07) is 15.4. The van der Waals surface area contributed by atoms with Gasteiger partial charge in [-0.2, -0.15) is 0 Å². The van der Waals surface area contributed by atoms with Gasteiger partial charge < -0.3 is 21.4 Å². The van der Waals surface area contributed by atoms with Crippen molar-refractivity contribution in [1.29, 1.82) is 0 Å². The number of amides is 2. The average Bonchev–Trinajstić information content (AvgIpc) is 3.56. The van der Waals surface area contributed by atoms with E-state index < -0.39 is 12.1 Å². The lowest BCUT2D eigenvalue weighted by Crippen LogP contribution is -2.36. The second-order valence-corrected chi connectivity index (χ2v) is 8.29. The zero-order valence-corrected chi connectivity index (χ0v) is 19.5. The molecule has 10 nitrogen and oxygen atoms in total. The highest BCUT2D eigenvalue weighted by molar-refractivity contribution is 6.07. The molecule has 2 aromatic carbocycles. The summed E-state index contributed by atoms with van der Waals surface area (Å²) in [5, 5.41) is 8.30. The van der Waals surface area contributed by atoms with E-state index in [9.17, 15) is 19.2 Å². The SMILES string of the molecule is CCNC(=O)n1c(=O)c2[nH]ccc2c2ccccc21.NC(=O)n1c(=O)c2c(c3ccccc31)CCN2. The van der Waals surface area contributed by atoms with Gasteiger partial charge in [0, 0.05) is 35.4 Å². The van der Waals surface area contributed by atoms with Gasteiger partial charge in [-0.1, -0.05) is 36.4 Å². The van der Waals surface area contributed by atoms with Crippen LogP contribution in [0.4, 0.5) is 15.3 Å². The number of carbonyl (C=O) groups is 2. The van der Waals surface area contributed by atoms with Crippen LogP contribution in [0.5, 0.6) is 0 Å². The van der Waals surface area contributed by atoms with E-state index in [1.54, 1.807) is 24.4 Å². The molecule has 0 spiro atoms. The number of nitrogens with zero attached hydrogens (tertiary/aromatic N) is 2. The fraction of sp³-hybridized carbons (Fsp3) is 0.154. The zero-order chi connectivity index (χ0) is 25.4. The number of nitrogens with two attached hydrogens (primary N) is 1. The molecule has 0 aliphatic carbocycles. The first-order valence-electron chi connectivity index (χ1n) is 11.5. The Labute approximate surface area is 204 Å². The topological polar surface area (TPSA) is 144 Å². The third kappa shape index (κ3) is 3.59. The number of pyridine rings is 2. The maximum absolute atomic E-state index is 12.4. The number of anilines is 1. The Morgan fingerprint density at radius 2 is 1.58 bits per heavy atom. The van der Waals surface area contributed by atoms with Gasteiger partial charge >= 0.3 is 12.1 Å². The lowest BCUT2D eigenvalue weighted by atomic mass is 10.1. The second kappa shape index (κ2) is 9.06. The van der Waals surface area contributed by atoms with Gasteiger partial charge in [0.25, 0.3) is 11.1 Å². The third-order valence-corrected chi connectivity index (χ3v) is 6.22. The largest absolute Gasteiger partial charge is 0.380 e. The smallest absolute Gasteiger partial charge is 0.329 e. The normalized spacial score (nSPS) is 12.1. The van der Waals surface area contributed by atoms with Crippen molar-refractivity contribution < 1.29 is 9.59 Å². The van der Waals surface area contributed by atoms with Gasteiger partial charge in [-0.05, 0) is 37.1 Å². The molecule has 0 atom stereocenters. The van der Waals surface area contributed by atoms with Gasteiger partial charge in [0.15, 0.2) is 0 Å². The van der Waals surface area contributed by atoms with Gasteiger partial charge in [0.1, 0.15) is 11.2 Å². The fourth-order valence-electron chi connectivity index (χ4n) is 4.70. The molecule has 0 unspecified atom stereocenters. The zero-order valence-electron chi connectivity index (χ0n) is 19.5. The molecule has 182 valence electrons. The molecule has 3 aromatic heterocycles. The van der Waals surface area contributed by atoms with E-state index in [4.69, 9.17) is 5.73 Å². The summed E-state index contributed by atoms with van der Waals surface area (Å²) in [5.74, 6) is 0. The minimum atomic E-state index is -0.747.